The van der Waals surface area contributed by atoms with Crippen LogP contribution in [0.15, 0.2) is 36.5 Å². The van der Waals surface area contributed by atoms with Crippen LogP contribution >= 0.6 is 0 Å². The average Bonchev–Trinajstić information content (AvgIpc) is 3.11. The van der Waals surface area contributed by atoms with Crippen LogP contribution in [0.4, 0.5) is 5.69 Å². The Labute approximate surface area is 145 Å². The van der Waals surface area contributed by atoms with Crippen LogP contribution in [0.2, 0.25) is 0 Å². The smallest absolute Gasteiger partial charge is 0.0607 e. The van der Waals surface area contributed by atoms with Crippen molar-refractivity contribution < 1.29 is 0 Å². The highest BCUT2D eigenvalue weighted by molar-refractivity contribution is 5.61. The van der Waals surface area contributed by atoms with Crippen molar-refractivity contribution in [2.75, 3.05) is 18.4 Å². The quantitative estimate of drug-likeness (QED) is 0.888. The van der Waals surface area contributed by atoms with Gasteiger partial charge in [0.05, 0.1) is 11.7 Å². The minimum Gasteiger partial charge on any atom is -0.384 e. The van der Waals surface area contributed by atoms with Crippen LogP contribution in [0.25, 0.3) is 0 Å². The Bertz CT molecular complexity index is 710. The van der Waals surface area contributed by atoms with Gasteiger partial charge in [-0.3, -0.25) is 9.88 Å². The number of anilines is 1. The summed E-state index contributed by atoms with van der Waals surface area (Å²) >= 11 is 0. The van der Waals surface area contributed by atoms with E-state index in [1.54, 1.807) is 0 Å². The zero-order chi connectivity index (χ0) is 16.4. The maximum Gasteiger partial charge on any atom is 0.0607 e. The third-order valence-electron chi connectivity index (χ3n) is 5.42. The third kappa shape index (κ3) is 2.93. The molecule has 1 aliphatic carbocycles. The highest BCUT2D eigenvalue weighted by Gasteiger charge is 2.27. The summed E-state index contributed by atoms with van der Waals surface area (Å²) in [5, 5.41) is 3.60. The van der Waals surface area contributed by atoms with E-state index in [-0.39, 0.29) is 0 Å². The molecule has 1 aromatic carbocycles. The van der Waals surface area contributed by atoms with E-state index in [1.165, 1.54) is 53.8 Å². The normalized spacial score (nSPS) is 19.0. The van der Waals surface area contributed by atoms with Gasteiger partial charge in [-0.25, -0.2) is 0 Å². The maximum absolute atomic E-state index is 4.76. The molecule has 0 bridgehead atoms. The van der Waals surface area contributed by atoms with E-state index in [0.717, 1.165) is 26.1 Å². The molecular formula is C21H27N3. The molecule has 0 saturated carbocycles. The van der Waals surface area contributed by atoms with Gasteiger partial charge in [0.1, 0.15) is 0 Å². The molecule has 0 amide bonds. The first-order valence-electron chi connectivity index (χ1n) is 9.39. The summed E-state index contributed by atoms with van der Waals surface area (Å²) in [6.45, 7) is 5.51. The molecule has 2 aromatic rings. The molecule has 3 nitrogen and oxygen atoms in total. The van der Waals surface area contributed by atoms with Crippen molar-refractivity contribution >= 4 is 5.69 Å². The van der Waals surface area contributed by atoms with E-state index in [4.69, 9.17) is 4.98 Å². The fraction of sp³-hybridized carbons (Fsp3) is 0.476. The van der Waals surface area contributed by atoms with E-state index in [9.17, 15) is 0 Å². The van der Waals surface area contributed by atoms with E-state index < -0.39 is 0 Å². The first-order valence-corrected chi connectivity index (χ1v) is 9.39. The van der Waals surface area contributed by atoms with Crippen molar-refractivity contribution in [1.29, 1.82) is 0 Å². The van der Waals surface area contributed by atoms with E-state index in [1.807, 2.05) is 6.20 Å². The number of fused-ring (bicyclic) bond motifs is 2. The zero-order valence-corrected chi connectivity index (χ0v) is 14.6. The molecule has 0 saturated heterocycles. The highest BCUT2D eigenvalue weighted by Crippen LogP contribution is 2.35. The minimum absolute atomic E-state index is 0.465. The van der Waals surface area contributed by atoms with Gasteiger partial charge in [0.25, 0.3) is 0 Å². The predicted molar refractivity (Wildman–Crippen MR) is 99.3 cm³/mol. The van der Waals surface area contributed by atoms with E-state index in [0.29, 0.717) is 6.04 Å². The summed E-state index contributed by atoms with van der Waals surface area (Å²) in [5.41, 5.74) is 7.08. The number of nitrogens with zero attached hydrogens (tertiary/aromatic N) is 2. The fourth-order valence-corrected chi connectivity index (χ4v) is 4.33. The lowest BCUT2D eigenvalue weighted by Crippen LogP contribution is -2.32. The zero-order valence-electron chi connectivity index (χ0n) is 14.6. The number of aryl methyl sites for hydroxylation is 1. The topological polar surface area (TPSA) is 28.2 Å². The van der Waals surface area contributed by atoms with Gasteiger partial charge in [-0.05, 0) is 61.4 Å². The fourth-order valence-electron chi connectivity index (χ4n) is 4.33. The molecule has 126 valence electrons. The summed E-state index contributed by atoms with van der Waals surface area (Å²) in [7, 11) is 0. The van der Waals surface area contributed by atoms with Crippen LogP contribution < -0.4 is 5.32 Å². The largest absolute Gasteiger partial charge is 0.384 e. The monoisotopic (exact) mass is 321 g/mol. The van der Waals surface area contributed by atoms with Crippen LogP contribution in [-0.4, -0.2) is 23.0 Å². The number of pyridine rings is 1. The molecule has 1 atom stereocenters. The molecule has 4 rings (SSSR count). The van der Waals surface area contributed by atoms with Crippen molar-refractivity contribution in [3.05, 3.63) is 58.9 Å². The highest BCUT2D eigenvalue weighted by atomic mass is 15.2. The second-order valence-corrected chi connectivity index (χ2v) is 7.05. The molecule has 1 N–H and O–H groups in total. The molecule has 2 aliphatic rings. The maximum atomic E-state index is 4.76. The first-order chi connectivity index (χ1) is 11.9. The van der Waals surface area contributed by atoms with Gasteiger partial charge in [0.15, 0.2) is 0 Å². The van der Waals surface area contributed by atoms with Crippen LogP contribution in [0.3, 0.4) is 0 Å². The van der Waals surface area contributed by atoms with Crippen molar-refractivity contribution in [3.63, 3.8) is 0 Å². The Kier molecular flexibility index (Phi) is 4.52. The van der Waals surface area contributed by atoms with Crippen molar-refractivity contribution in [3.8, 4) is 0 Å². The number of nitrogens with one attached hydrogen (secondary N) is 1. The summed E-state index contributed by atoms with van der Waals surface area (Å²) in [6, 6.07) is 11.6. The molecule has 0 spiro atoms. The van der Waals surface area contributed by atoms with Gasteiger partial charge in [0, 0.05) is 25.0 Å². The van der Waals surface area contributed by atoms with Crippen molar-refractivity contribution in [2.24, 2.45) is 0 Å². The van der Waals surface area contributed by atoms with Gasteiger partial charge in [-0.1, -0.05) is 31.2 Å². The SMILES string of the molecule is CCCN(Cc1cccc2c1NCC2)C1CCCc2cccnc21. The van der Waals surface area contributed by atoms with Crippen molar-refractivity contribution in [1.82, 2.24) is 9.88 Å². The first kappa shape index (κ1) is 15.6. The molecular weight excluding hydrogens is 294 g/mol. The molecule has 1 aromatic heterocycles. The lowest BCUT2D eigenvalue weighted by Gasteiger charge is -2.35. The number of hydrogen-bond acceptors (Lipinski definition) is 3. The summed E-state index contributed by atoms with van der Waals surface area (Å²) in [5.74, 6) is 0. The predicted octanol–water partition coefficient (Wildman–Crippen LogP) is 4.34. The van der Waals surface area contributed by atoms with Gasteiger partial charge < -0.3 is 5.32 Å². The van der Waals surface area contributed by atoms with Crippen LogP contribution in [0, 0.1) is 0 Å². The standard InChI is InChI=1S/C21H27N3/c1-2-14-24(15-18-8-3-6-17-11-13-23-20(17)18)19-10-4-7-16-9-5-12-22-21(16)19/h3,5-6,8-9,12,19,23H,2,4,7,10-11,13-15H2,1H3. The Balaban J connectivity index is 1.63. The van der Waals surface area contributed by atoms with Gasteiger partial charge in [-0.15, -0.1) is 0 Å². The third-order valence-corrected chi connectivity index (χ3v) is 5.42. The second kappa shape index (κ2) is 6.94. The Hall–Kier alpha value is -1.87. The number of hydrogen-bond donors (Lipinski definition) is 1. The number of benzene rings is 1. The van der Waals surface area contributed by atoms with Crippen LogP contribution in [0.1, 0.15) is 54.6 Å². The lowest BCUT2D eigenvalue weighted by atomic mass is 9.90. The summed E-state index contributed by atoms with van der Waals surface area (Å²) in [6.07, 6.45) is 7.98. The van der Waals surface area contributed by atoms with Gasteiger partial charge >= 0.3 is 0 Å². The average molecular weight is 321 g/mol. The van der Waals surface area contributed by atoms with Crippen LogP contribution in [0.5, 0.6) is 0 Å². The lowest BCUT2D eigenvalue weighted by molar-refractivity contribution is 0.166. The Morgan fingerprint density at radius 2 is 2.08 bits per heavy atom. The Morgan fingerprint density at radius 1 is 1.17 bits per heavy atom. The number of para-hydroxylation sites is 1. The second-order valence-electron chi connectivity index (χ2n) is 7.05. The van der Waals surface area contributed by atoms with Crippen LogP contribution in [-0.2, 0) is 19.4 Å². The molecule has 24 heavy (non-hydrogen) atoms. The Morgan fingerprint density at radius 3 is 3.00 bits per heavy atom. The molecule has 3 heteroatoms. The summed E-state index contributed by atoms with van der Waals surface area (Å²) < 4.78 is 0. The molecule has 2 heterocycles. The summed E-state index contributed by atoms with van der Waals surface area (Å²) in [4.78, 5) is 7.41. The molecule has 1 unspecified atom stereocenters. The molecule has 0 radical (unpaired) electrons. The van der Waals surface area contributed by atoms with Gasteiger partial charge in [-0.2, -0.15) is 0 Å². The van der Waals surface area contributed by atoms with Gasteiger partial charge in [0.2, 0.25) is 0 Å². The molecule has 0 fully saturated rings. The van der Waals surface area contributed by atoms with Crippen molar-refractivity contribution in [2.45, 2.75) is 51.6 Å². The van der Waals surface area contributed by atoms with E-state index in [2.05, 4.69) is 47.5 Å². The molecule has 1 aliphatic heterocycles. The number of aromatic nitrogens is 1. The minimum atomic E-state index is 0.465. The van der Waals surface area contributed by atoms with E-state index >= 15 is 0 Å². The number of rotatable bonds is 5.